The summed E-state index contributed by atoms with van der Waals surface area (Å²) < 4.78 is 5.47. The van der Waals surface area contributed by atoms with Crippen molar-refractivity contribution in [1.82, 2.24) is 15.2 Å². The molecular formula is C18H23N3O2S. The normalized spacial score (nSPS) is 17.8. The largest absolute Gasteiger partial charge is 0.494 e. The van der Waals surface area contributed by atoms with Crippen molar-refractivity contribution in [2.45, 2.75) is 26.8 Å². The first-order chi connectivity index (χ1) is 11.6. The Kier molecular flexibility index (Phi) is 5.16. The zero-order valence-corrected chi connectivity index (χ0v) is 15.2. The zero-order chi connectivity index (χ0) is 17.1. The summed E-state index contributed by atoms with van der Waals surface area (Å²) in [6.45, 7) is 9.04. The fourth-order valence-corrected chi connectivity index (χ4v) is 3.88. The molecule has 0 unspecified atom stereocenters. The topological polar surface area (TPSA) is 54.5 Å². The number of piperazine rings is 1. The number of hydrogen-bond donors (Lipinski definition) is 1. The van der Waals surface area contributed by atoms with E-state index in [1.165, 1.54) is 11.3 Å². The third-order valence-electron chi connectivity index (χ3n) is 4.17. The Balaban J connectivity index is 1.83. The van der Waals surface area contributed by atoms with Crippen LogP contribution in [0, 0.1) is 6.92 Å². The van der Waals surface area contributed by atoms with Crippen molar-refractivity contribution in [1.29, 1.82) is 0 Å². The molecule has 0 spiro atoms. The maximum Gasteiger partial charge on any atom is 0.266 e. The third kappa shape index (κ3) is 3.44. The molecule has 1 N–H and O–H groups in total. The van der Waals surface area contributed by atoms with Crippen molar-refractivity contribution in [3.63, 3.8) is 0 Å². The minimum absolute atomic E-state index is 0.0937. The van der Waals surface area contributed by atoms with E-state index in [9.17, 15) is 4.79 Å². The molecule has 2 aromatic rings. The Bertz CT molecular complexity index is 712. The lowest BCUT2D eigenvalue weighted by atomic mass is 10.2. The lowest BCUT2D eigenvalue weighted by molar-refractivity contribution is 0.0660. The highest BCUT2D eigenvalue weighted by atomic mass is 32.1. The monoisotopic (exact) mass is 345 g/mol. The van der Waals surface area contributed by atoms with Gasteiger partial charge in [-0.1, -0.05) is 0 Å². The second kappa shape index (κ2) is 7.32. The van der Waals surface area contributed by atoms with Gasteiger partial charge >= 0.3 is 0 Å². The predicted molar refractivity (Wildman–Crippen MR) is 96.8 cm³/mol. The van der Waals surface area contributed by atoms with Gasteiger partial charge in [-0.05, 0) is 45.0 Å². The van der Waals surface area contributed by atoms with Crippen LogP contribution in [0.15, 0.2) is 24.3 Å². The standard InChI is InChI=1S/C18H23N3O2S/c1-4-23-15-7-5-14(6-8-15)17-20-13(3)16(24-17)18(22)21-10-9-19-11-12(21)2/h5-8,12,19H,4,9-11H2,1-3H3/t12-/m1/s1. The van der Waals surface area contributed by atoms with Gasteiger partial charge in [-0.15, -0.1) is 11.3 Å². The van der Waals surface area contributed by atoms with Gasteiger partial charge in [0.25, 0.3) is 5.91 Å². The molecule has 1 aliphatic heterocycles. The van der Waals surface area contributed by atoms with E-state index in [1.807, 2.05) is 43.0 Å². The Hall–Kier alpha value is -1.92. The number of thiazole rings is 1. The van der Waals surface area contributed by atoms with Crippen molar-refractivity contribution in [3.8, 4) is 16.3 Å². The molecule has 6 heteroatoms. The van der Waals surface area contributed by atoms with Crippen LogP contribution in [0.5, 0.6) is 5.75 Å². The highest BCUT2D eigenvalue weighted by Crippen LogP contribution is 2.30. The molecule has 5 nitrogen and oxygen atoms in total. The van der Waals surface area contributed by atoms with E-state index in [2.05, 4.69) is 17.2 Å². The number of aromatic nitrogens is 1. The number of ether oxygens (including phenoxy) is 1. The summed E-state index contributed by atoms with van der Waals surface area (Å²) in [5.41, 5.74) is 1.82. The molecular weight excluding hydrogens is 322 g/mol. The lowest BCUT2D eigenvalue weighted by Gasteiger charge is -2.33. The number of nitrogens with one attached hydrogen (secondary N) is 1. The number of amides is 1. The summed E-state index contributed by atoms with van der Waals surface area (Å²) in [6.07, 6.45) is 0. The predicted octanol–water partition coefficient (Wildman–Crippen LogP) is 2.95. The van der Waals surface area contributed by atoms with Gasteiger partial charge in [-0.2, -0.15) is 0 Å². The molecule has 1 saturated heterocycles. The first-order valence-electron chi connectivity index (χ1n) is 8.32. The molecule has 1 aliphatic rings. The number of carbonyl (C=O) groups excluding carboxylic acids is 1. The summed E-state index contributed by atoms with van der Waals surface area (Å²) in [4.78, 5) is 20.2. The number of hydrogen-bond acceptors (Lipinski definition) is 5. The van der Waals surface area contributed by atoms with E-state index in [0.717, 1.165) is 46.5 Å². The average Bonchev–Trinajstić information content (AvgIpc) is 2.97. The minimum atomic E-state index is 0.0937. The van der Waals surface area contributed by atoms with Crippen molar-refractivity contribution >= 4 is 17.2 Å². The van der Waals surface area contributed by atoms with Gasteiger partial charge in [0, 0.05) is 31.2 Å². The SMILES string of the molecule is CCOc1ccc(-c2nc(C)c(C(=O)N3CCNC[C@H]3C)s2)cc1. The molecule has 128 valence electrons. The first-order valence-corrected chi connectivity index (χ1v) is 9.14. The summed E-state index contributed by atoms with van der Waals surface area (Å²) in [5, 5.41) is 4.19. The molecule has 3 rings (SSSR count). The zero-order valence-electron chi connectivity index (χ0n) is 14.3. The van der Waals surface area contributed by atoms with E-state index in [0.29, 0.717) is 6.61 Å². The molecule has 0 radical (unpaired) electrons. The number of rotatable bonds is 4. The van der Waals surface area contributed by atoms with E-state index in [4.69, 9.17) is 4.74 Å². The van der Waals surface area contributed by atoms with Gasteiger partial charge < -0.3 is 15.0 Å². The molecule has 1 aromatic carbocycles. The molecule has 1 atom stereocenters. The highest BCUT2D eigenvalue weighted by Gasteiger charge is 2.27. The van der Waals surface area contributed by atoms with Gasteiger partial charge in [0.15, 0.2) is 0 Å². The minimum Gasteiger partial charge on any atom is -0.494 e. The fourth-order valence-electron chi connectivity index (χ4n) is 2.85. The summed E-state index contributed by atoms with van der Waals surface area (Å²) in [7, 11) is 0. The molecule has 24 heavy (non-hydrogen) atoms. The summed E-state index contributed by atoms with van der Waals surface area (Å²) >= 11 is 1.47. The molecule has 1 fully saturated rings. The molecule has 0 bridgehead atoms. The van der Waals surface area contributed by atoms with Crippen LogP contribution in [0.2, 0.25) is 0 Å². The van der Waals surface area contributed by atoms with Crippen molar-refractivity contribution in [3.05, 3.63) is 34.8 Å². The molecule has 2 heterocycles. The van der Waals surface area contributed by atoms with Gasteiger partial charge in [0.1, 0.15) is 15.6 Å². The third-order valence-corrected chi connectivity index (χ3v) is 5.36. The first kappa shape index (κ1) is 16.9. The molecule has 0 aliphatic carbocycles. The number of carbonyl (C=O) groups is 1. The maximum absolute atomic E-state index is 12.9. The lowest BCUT2D eigenvalue weighted by Crippen LogP contribution is -2.52. The van der Waals surface area contributed by atoms with Gasteiger partial charge in [0.2, 0.25) is 0 Å². The molecule has 0 saturated carbocycles. The van der Waals surface area contributed by atoms with Crippen molar-refractivity contribution < 1.29 is 9.53 Å². The summed E-state index contributed by atoms with van der Waals surface area (Å²) in [5.74, 6) is 0.941. The van der Waals surface area contributed by atoms with Crippen LogP contribution in [0.1, 0.15) is 29.2 Å². The van der Waals surface area contributed by atoms with E-state index in [1.54, 1.807) is 0 Å². The Labute approximate surface area is 146 Å². The second-order valence-electron chi connectivity index (χ2n) is 5.94. The van der Waals surface area contributed by atoms with Crippen LogP contribution in [-0.4, -0.2) is 48.1 Å². The number of benzene rings is 1. The highest BCUT2D eigenvalue weighted by molar-refractivity contribution is 7.17. The van der Waals surface area contributed by atoms with Crippen LogP contribution in [0.4, 0.5) is 0 Å². The van der Waals surface area contributed by atoms with Crippen LogP contribution in [0.25, 0.3) is 10.6 Å². The Morgan fingerprint density at radius 3 is 2.83 bits per heavy atom. The van der Waals surface area contributed by atoms with E-state index >= 15 is 0 Å². The van der Waals surface area contributed by atoms with Crippen LogP contribution in [0.3, 0.4) is 0 Å². The number of nitrogens with zero attached hydrogens (tertiary/aromatic N) is 2. The van der Waals surface area contributed by atoms with Crippen LogP contribution in [-0.2, 0) is 0 Å². The van der Waals surface area contributed by atoms with Crippen LogP contribution >= 0.6 is 11.3 Å². The van der Waals surface area contributed by atoms with Gasteiger partial charge in [0.05, 0.1) is 12.3 Å². The van der Waals surface area contributed by atoms with Crippen molar-refractivity contribution in [2.24, 2.45) is 0 Å². The summed E-state index contributed by atoms with van der Waals surface area (Å²) in [6, 6.07) is 8.07. The van der Waals surface area contributed by atoms with E-state index < -0.39 is 0 Å². The second-order valence-corrected chi connectivity index (χ2v) is 6.94. The maximum atomic E-state index is 12.9. The number of aryl methyl sites for hydroxylation is 1. The van der Waals surface area contributed by atoms with Gasteiger partial charge in [-0.25, -0.2) is 4.98 Å². The fraction of sp³-hybridized carbons (Fsp3) is 0.444. The van der Waals surface area contributed by atoms with Crippen molar-refractivity contribution in [2.75, 3.05) is 26.2 Å². The van der Waals surface area contributed by atoms with E-state index in [-0.39, 0.29) is 11.9 Å². The Morgan fingerprint density at radius 1 is 1.42 bits per heavy atom. The molecule has 1 aromatic heterocycles. The van der Waals surface area contributed by atoms with Crippen LogP contribution < -0.4 is 10.1 Å². The molecule has 1 amide bonds. The Morgan fingerprint density at radius 2 is 2.17 bits per heavy atom. The average molecular weight is 345 g/mol. The smallest absolute Gasteiger partial charge is 0.266 e. The quantitative estimate of drug-likeness (QED) is 0.926. The van der Waals surface area contributed by atoms with Gasteiger partial charge in [-0.3, -0.25) is 4.79 Å².